The molecular weight excluding hydrogens is 456 g/mol. The predicted molar refractivity (Wildman–Crippen MR) is 121 cm³/mol. The van der Waals surface area contributed by atoms with Gasteiger partial charge in [0.05, 0.1) is 30.8 Å². The molecule has 7 atom stereocenters. The van der Waals surface area contributed by atoms with Gasteiger partial charge in [0.15, 0.2) is 11.9 Å². The number of aliphatic hydroxyl groups is 2. The summed E-state index contributed by atoms with van der Waals surface area (Å²) in [4.78, 5) is 13.2. The number of aromatic hydroxyl groups is 1. The second kappa shape index (κ2) is 6.27. The Bertz CT molecular complexity index is 1340. The predicted octanol–water partition coefficient (Wildman–Crippen LogP) is 2.79. The van der Waals surface area contributed by atoms with Crippen LogP contribution in [0.1, 0.15) is 66.4 Å². The summed E-state index contributed by atoms with van der Waals surface area (Å²) in [7, 11) is 1.46. The van der Waals surface area contributed by atoms with Crippen molar-refractivity contribution in [1.82, 2.24) is 0 Å². The normalized spacial score (nSPS) is 40.3. The van der Waals surface area contributed by atoms with E-state index in [0.717, 1.165) is 5.56 Å². The Morgan fingerprint density at radius 3 is 2.57 bits per heavy atom. The molecule has 0 aromatic heterocycles. The first-order valence-electron chi connectivity index (χ1n) is 12.1. The third-order valence-electron chi connectivity index (χ3n) is 8.71. The van der Waals surface area contributed by atoms with Crippen LogP contribution in [0.15, 0.2) is 6.07 Å². The maximum atomic E-state index is 13.2. The zero-order chi connectivity index (χ0) is 24.8. The summed E-state index contributed by atoms with van der Waals surface area (Å²) in [6.07, 6.45) is -2.21. The number of hydrogen-bond acceptors (Lipinski definition) is 9. The minimum atomic E-state index is -1.85. The number of aliphatic hydroxyl groups excluding tert-OH is 1. The Hall–Kier alpha value is -2.43. The Morgan fingerprint density at radius 2 is 1.94 bits per heavy atom. The van der Waals surface area contributed by atoms with E-state index in [4.69, 9.17) is 23.7 Å². The van der Waals surface area contributed by atoms with E-state index < -0.39 is 41.4 Å². The molecule has 35 heavy (non-hydrogen) atoms. The van der Waals surface area contributed by atoms with Gasteiger partial charge in [-0.3, -0.25) is 4.79 Å². The second-order valence-electron chi connectivity index (χ2n) is 10.9. The standard InChI is InChI=1S/C26H28O9/c1-9(2)26-24(8-32-24)25(30)23(35-26)22(34-26)14-10(3)6-12-15(21(14)33-25)19(29)17-16(20(12)31-5)13(27)7-11(4)18(17)28/h6,9,11,13,22-23,27,29-30H,7-8H2,1-5H3/t11-,13-,22+,23?,24?,25?,26?/m0/s1. The van der Waals surface area contributed by atoms with Crippen LogP contribution in [0.3, 0.4) is 0 Å². The molecule has 1 spiro atoms. The van der Waals surface area contributed by atoms with E-state index in [1.54, 1.807) is 6.92 Å². The fourth-order valence-corrected chi connectivity index (χ4v) is 6.99. The summed E-state index contributed by atoms with van der Waals surface area (Å²) in [5, 5.41) is 35.0. The molecule has 9 heteroatoms. The maximum Gasteiger partial charge on any atom is 0.274 e. The van der Waals surface area contributed by atoms with Crippen molar-refractivity contribution in [2.75, 3.05) is 13.7 Å². The minimum Gasteiger partial charge on any atom is -0.506 e. The Labute approximate surface area is 201 Å². The molecule has 3 fully saturated rings. The van der Waals surface area contributed by atoms with Crippen LogP contribution in [-0.2, 0) is 14.2 Å². The lowest BCUT2D eigenvalue weighted by Crippen LogP contribution is -2.67. The molecule has 0 saturated carbocycles. The quantitative estimate of drug-likeness (QED) is 0.552. The molecule has 4 heterocycles. The zero-order valence-electron chi connectivity index (χ0n) is 20.2. The molecule has 186 valence electrons. The zero-order valence-corrected chi connectivity index (χ0v) is 20.2. The van der Waals surface area contributed by atoms with Crippen LogP contribution in [0, 0.1) is 18.8 Å². The van der Waals surface area contributed by atoms with Crippen LogP contribution in [-0.4, -0.2) is 58.1 Å². The van der Waals surface area contributed by atoms with Gasteiger partial charge >= 0.3 is 0 Å². The van der Waals surface area contributed by atoms with Crippen molar-refractivity contribution in [3.05, 3.63) is 28.3 Å². The average Bonchev–Trinajstić information content (AvgIpc) is 3.46. The smallest absolute Gasteiger partial charge is 0.274 e. The summed E-state index contributed by atoms with van der Waals surface area (Å²) >= 11 is 0. The molecule has 7 rings (SSSR count). The van der Waals surface area contributed by atoms with Crippen LogP contribution in [0.25, 0.3) is 10.8 Å². The molecule has 0 amide bonds. The highest BCUT2D eigenvalue weighted by atomic mass is 16.8. The first-order chi connectivity index (χ1) is 16.5. The number of aryl methyl sites for hydroxylation is 1. The number of Topliss-reactive ketones (excluding diaryl/α,β-unsaturated/α-hetero) is 1. The number of epoxide rings is 1. The number of fused-ring (bicyclic) bond motifs is 8. The number of rotatable bonds is 2. The molecular formula is C26H28O9. The molecule has 2 aromatic carbocycles. The minimum absolute atomic E-state index is 0.0236. The van der Waals surface area contributed by atoms with Gasteiger partial charge in [0, 0.05) is 28.3 Å². The van der Waals surface area contributed by atoms with E-state index >= 15 is 0 Å². The second-order valence-corrected chi connectivity index (χ2v) is 10.9. The van der Waals surface area contributed by atoms with Gasteiger partial charge in [-0.25, -0.2) is 0 Å². The van der Waals surface area contributed by atoms with Gasteiger partial charge in [-0.1, -0.05) is 20.8 Å². The molecule has 4 unspecified atom stereocenters. The number of methoxy groups -OCH3 is 1. The SMILES string of the molecule is COc1c2c(c(O)c3c4c(c(C)cc13)[C@H]1OC3(C(C)C)OC1C(O)(O4)C31CO1)C(=O)[C@@H](C)C[C@@H]2O. The number of phenolic OH excluding ortho intramolecular Hbond substituents is 1. The molecule has 1 aliphatic carbocycles. The number of phenols is 1. The van der Waals surface area contributed by atoms with Crippen LogP contribution < -0.4 is 9.47 Å². The van der Waals surface area contributed by atoms with Crippen molar-refractivity contribution < 1.29 is 43.8 Å². The van der Waals surface area contributed by atoms with E-state index in [-0.39, 0.29) is 52.7 Å². The number of hydrogen-bond donors (Lipinski definition) is 3. The fourth-order valence-electron chi connectivity index (χ4n) is 6.99. The van der Waals surface area contributed by atoms with E-state index in [0.29, 0.717) is 16.7 Å². The average molecular weight is 485 g/mol. The largest absolute Gasteiger partial charge is 0.506 e. The number of carbonyl (C=O) groups excluding carboxylic acids is 1. The molecule has 2 bridgehead atoms. The third-order valence-corrected chi connectivity index (χ3v) is 8.71. The van der Waals surface area contributed by atoms with Crippen molar-refractivity contribution >= 4 is 16.6 Å². The lowest BCUT2D eigenvalue weighted by atomic mass is 9.75. The van der Waals surface area contributed by atoms with Gasteiger partial charge < -0.3 is 39.0 Å². The van der Waals surface area contributed by atoms with Gasteiger partial charge in [-0.2, -0.15) is 0 Å². The Balaban J connectivity index is 1.56. The number of ether oxygens (including phenoxy) is 5. The third kappa shape index (κ3) is 2.14. The first kappa shape index (κ1) is 21.8. The topological polar surface area (TPSA) is 127 Å². The highest BCUT2D eigenvalue weighted by Gasteiger charge is 2.90. The van der Waals surface area contributed by atoms with Gasteiger partial charge in [0.1, 0.15) is 23.4 Å². The van der Waals surface area contributed by atoms with Crippen LogP contribution in [0.5, 0.6) is 17.2 Å². The van der Waals surface area contributed by atoms with Crippen LogP contribution in [0.4, 0.5) is 0 Å². The molecule has 4 aliphatic heterocycles. The fraction of sp³-hybridized carbons (Fsp3) is 0.577. The highest BCUT2D eigenvalue weighted by Crippen LogP contribution is 2.71. The van der Waals surface area contributed by atoms with Crippen molar-refractivity contribution in [3.8, 4) is 17.2 Å². The summed E-state index contributed by atoms with van der Waals surface area (Å²) in [5.41, 5.74) is 0.521. The lowest BCUT2D eigenvalue weighted by Gasteiger charge is -2.47. The monoisotopic (exact) mass is 484 g/mol. The number of benzene rings is 2. The Kier molecular flexibility index (Phi) is 3.91. The number of ketones is 1. The van der Waals surface area contributed by atoms with Gasteiger partial charge in [0.25, 0.3) is 5.79 Å². The molecule has 9 nitrogen and oxygen atoms in total. The van der Waals surface area contributed by atoms with E-state index in [1.807, 2.05) is 26.8 Å². The summed E-state index contributed by atoms with van der Waals surface area (Å²) < 4.78 is 30.8. The first-order valence-corrected chi connectivity index (χ1v) is 12.1. The summed E-state index contributed by atoms with van der Waals surface area (Å²) in [6, 6.07) is 1.83. The van der Waals surface area contributed by atoms with Crippen molar-refractivity contribution in [3.63, 3.8) is 0 Å². The Morgan fingerprint density at radius 1 is 1.23 bits per heavy atom. The van der Waals surface area contributed by atoms with Crippen molar-refractivity contribution in [2.45, 2.75) is 69.6 Å². The lowest BCUT2D eigenvalue weighted by molar-refractivity contribution is -0.289. The van der Waals surface area contributed by atoms with E-state index in [1.165, 1.54) is 7.11 Å². The van der Waals surface area contributed by atoms with Gasteiger partial charge in [-0.15, -0.1) is 0 Å². The van der Waals surface area contributed by atoms with Crippen LogP contribution in [0.2, 0.25) is 0 Å². The molecule has 5 aliphatic rings. The molecule has 3 N–H and O–H groups in total. The van der Waals surface area contributed by atoms with Gasteiger partial charge in [-0.05, 0) is 25.0 Å². The molecule has 3 saturated heterocycles. The van der Waals surface area contributed by atoms with E-state index in [9.17, 15) is 20.1 Å². The molecule has 0 radical (unpaired) electrons. The number of carbonyl (C=O) groups is 1. The van der Waals surface area contributed by atoms with Gasteiger partial charge in [0.2, 0.25) is 11.4 Å². The summed E-state index contributed by atoms with van der Waals surface area (Å²) in [5.74, 6) is -3.69. The highest BCUT2D eigenvalue weighted by molar-refractivity contribution is 6.12. The summed E-state index contributed by atoms with van der Waals surface area (Å²) in [6.45, 7) is 7.71. The van der Waals surface area contributed by atoms with E-state index in [2.05, 4.69) is 0 Å². The van der Waals surface area contributed by atoms with Crippen molar-refractivity contribution in [1.29, 1.82) is 0 Å². The maximum absolute atomic E-state index is 13.2. The molecule has 2 aromatic rings. The van der Waals surface area contributed by atoms with Crippen molar-refractivity contribution in [2.24, 2.45) is 11.8 Å². The van der Waals surface area contributed by atoms with Crippen LogP contribution >= 0.6 is 0 Å².